The van der Waals surface area contributed by atoms with Crippen molar-refractivity contribution in [3.05, 3.63) is 128 Å². The molecule has 4 N–H and O–H groups in total. The number of rotatable bonds is 14. The summed E-state index contributed by atoms with van der Waals surface area (Å²) in [6.45, 7) is 9.95. The first-order valence-electron chi connectivity index (χ1n) is 23.3. The normalized spacial score (nSPS) is 19.9. The molecule has 6 aromatic rings. The van der Waals surface area contributed by atoms with E-state index in [1.807, 2.05) is 6.07 Å². The molecule has 4 heterocycles. The minimum absolute atomic E-state index is 0.0227. The van der Waals surface area contributed by atoms with E-state index in [2.05, 4.69) is 43.7 Å². The summed E-state index contributed by atoms with van der Waals surface area (Å²) in [5.74, 6) is -3.32. The molecule has 9 rings (SSSR count). The zero-order valence-electron chi connectivity index (χ0n) is 39.0. The number of aliphatic hydroxyl groups is 1. The number of nitro groups is 1. The third-order valence-corrected chi connectivity index (χ3v) is 16.1. The minimum atomic E-state index is -4.63. The van der Waals surface area contributed by atoms with Crippen LogP contribution in [0.1, 0.15) is 81.0 Å². The van der Waals surface area contributed by atoms with Gasteiger partial charge in [-0.2, -0.15) is 0 Å². The molecule has 2 fully saturated rings. The smallest absolute Gasteiger partial charge is 0.293 e. The van der Waals surface area contributed by atoms with Crippen molar-refractivity contribution >= 4 is 60.9 Å². The van der Waals surface area contributed by atoms with Gasteiger partial charge in [-0.25, -0.2) is 31.3 Å². The van der Waals surface area contributed by atoms with Crippen LogP contribution in [0.15, 0.2) is 95.0 Å². The molecule has 3 aliphatic rings. The number of piperazine rings is 1. The number of nitrogens with one attached hydrogen (secondary N) is 3. The van der Waals surface area contributed by atoms with Gasteiger partial charge in [0.2, 0.25) is 0 Å². The fourth-order valence-corrected chi connectivity index (χ4v) is 11.7. The lowest BCUT2D eigenvalue weighted by molar-refractivity contribution is -0.384. The zero-order chi connectivity index (χ0) is 49.5. The van der Waals surface area contributed by atoms with Crippen LogP contribution in [-0.2, 0) is 10.0 Å². The Balaban J connectivity index is 0.919. The topological polar surface area (TPSA) is 183 Å². The van der Waals surface area contributed by atoms with E-state index in [0.717, 1.165) is 59.7 Å². The molecule has 19 heteroatoms. The molecule has 0 unspecified atom stereocenters. The number of hydrogen-bond donors (Lipinski definition) is 4. The zero-order valence-corrected chi connectivity index (χ0v) is 40.6. The van der Waals surface area contributed by atoms with E-state index in [1.54, 1.807) is 42.8 Å². The van der Waals surface area contributed by atoms with Gasteiger partial charge < -0.3 is 25.0 Å². The molecule has 0 bridgehead atoms. The molecule has 2 aliphatic carbocycles. The number of sulfonamides is 1. The second kappa shape index (κ2) is 19.5. The Labute approximate surface area is 407 Å². The number of carbonyl (C=O) groups is 1. The van der Waals surface area contributed by atoms with Crippen molar-refractivity contribution < 1.29 is 41.2 Å². The summed E-state index contributed by atoms with van der Waals surface area (Å²) >= 11 is 1.43. The Bertz CT molecular complexity index is 3090. The Kier molecular flexibility index (Phi) is 13.6. The largest absolute Gasteiger partial charge is 0.455 e. The van der Waals surface area contributed by atoms with Gasteiger partial charge in [-0.3, -0.25) is 19.8 Å². The van der Waals surface area contributed by atoms with Crippen LogP contribution in [0.4, 0.5) is 30.2 Å². The highest BCUT2D eigenvalue weighted by Crippen LogP contribution is 2.46. The standard InChI is InChI=1S/C51H54F3N7O7S2/c1-50(2)12-10-33(40(26-50)46-21-34(30-69-46)47-41(53)22-35(52)23-42(47)54)29-59-16-18-60(19-17-59)36-4-6-39(45(24-36)68-37-20-32-11-15-55-48(32)57-28-37)49(62)58-70(66,67)38-5-7-43(44(25-38)61(64)65)56-27-31-8-13-51(3,63)14-9-31/h4-7,11,15,20-25,28,30-31,56,63H,8-10,12-14,16-19,26-27,29H2,1-3H3,(H,55,57)(H,58,62)/t31-,51-. The number of nitrogens with zero attached hydrogens (tertiary/aromatic N) is 4. The lowest BCUT2D eigenvalue weighted by atomic mass is 9.73. The van der Waals surface area contributed by atoms with Crippen molar-refractivity contribution in [3.8, 4) is 22.6 Å². The maximum absolute atomic E-state index is 14.8. The van der Waals surface area contributed by atoms with Crippen LogP contribution in [-0.4, -0.2) is 84.1 Å². The first kappa shape index (κ1) is 48.7. The van der Waals surface area contributed by atoms with Crippen LogP contribution in [0.2, 0.25) is 0 Å². The Morgan fingerprint density at radius 1 is 0.986 bits per heavy atom. The fourth-order valence-electron chi connectivity index (χ4n) is 9.70. The Morgan fingerprint density at radius 2 is 1.73 bits per heavy atom. The molecule has 1 aliphatic heterocycles. The fraction of sp³-hybridized carbons (Fsp3) is 0.373. The second-order valence-corrected chi connectivity index (χ2v) is 22.3. The van der Waals surface area contributed by atoms with Gasteiger partial charge in [0.25, 0.3) is 21.6 Å². The van der Waals surface area contributed by atoms with Gasteiger partial charge in [0.1, 0.15) is 40.3 Å². The van der Waals surface area contributed by atoms with Crippen LogP contribution in [0.5, 0.6) is 11.5 Å². The average Bonchev–Trinajstić information content (AvgIpc) is 3.99. The highest BCUT2D eigenvalue weighted by molar-refractivity contribution is 7.90. The molecule has 3 aromatic heterocycles. The molecule has 3 aromatic carbocycles. The maximum atomic E-state index is 14.8. The number of hydrogen-bond acceptors (Lipinski definition) is 12. The lowest BCUT2D eigenvalue weighted by Crippen LogP contribution is -2.47. The van der Waals surface area contributed by atoms with Crippen LogP contribution >= 0.6 is 11.3 Å². The van der Waals surface area contributed by atoms with Crippen LogP contribution < -0.4 is 19.7 Å². The van der Waals surface area contributed by atoms with Gasteiger partial charge in [0.05, 0.1) is 32.7 Å². The van der Waals surface area contributed by atoms with Gasteiger partial charge in [-0.05, 0) is 122 Å². The molecule has 0 radical (unpaired) electrons. The van der Waals surface area contributed by atoms with Gasteiger partial charge >= 0.3 is 0 Å². The molecule has 1 amide bonds. The predicted octanol–water partition coefficient (Wildman–Crippen LogP) is 10.7. The SMILES string of the molecule is CC1(C)CCC(CN2CCN(c3ccc(C(=O)NS(=O)(=O)c4ccc(NC[C@H]5CC[C@](C)(O)CC5)c([N+](=O)[O-])c4)c(Oc4cnc5[nH]ccc5c4)c3)CC2)=C(c2cc(-c3c(F)cc(F)cc3F)cs2)C1. The van der Waals surface area contributed by atoms with Gasteiger partial charge in [-0.15, -0.1) is 11.3 Å². The quantitative estimate of drug-likeness (QED) is 0.0602. The summed E-state index contributed by atoms with van der Waals surface area (Å²) in [6, 6.07) is 15.1. The number of halogens is 3. The number of aromatic amines is 1. The molecular weight excluding hydrogens is 944 g/mol. The number of ether oxygens (including phenoxy) is 1. The Hall–Kier alpha value is -6.28. The number of amides is 1. The van der Waals surface area contributed by atoms with E-state index in [-0.39, 0.29) is 33.9 Å². The van der Waals surface area contributed by atoms with Gasteiger partial charge in [0, 0.05) is 85.7 Å². The first-order valence-corrected chi connectivity index (χ1v) is 25.6. The van der Waals surface area contributed by atoms with Crippen LogP contribution in [0, 0.1) is 38.9 Å². The number of thiophene rings is 1. The van der Waals surface area contributed by atoms with Gasteiger partial charge in [0.15, 0.2) is 0 Å². The summed E-state index contributed by atoms with van der Waals surface area (Å²) in [6.07, 6.45) is 8.57. The third kappa shape index (κ3) is 10.9. The van der Waals surface area contributed by atoms with Crippen molar-refractivity contribution in [2.45, 2.75) is 76.2 Å². The number of aromatic nitrogens is 2. The lowest BCUT2D eigenvalue weighted by Gasteiger charge is -2.39. The molecule has 0 atom stereocenters. The minimum Gasteiger partial charge on any atom is -0.455 e. The summed E-state index contributed by atoms with van der Waals surface area (Å²) in [4.78, 5) is 37.9. The number of fused-ring (bicyclic) bond motifs is 1. The predicted molar refractivity (Wildman–Crippen MR) is 264 cm³/mol. The number of allylic oxidation sites excluding steroid dienone is 1. The monoisotopic (exact) mass is 997 g/mol. The van der Waals surface area contributed by atoms with E-state index in [4.69, 9.17) is 4.74 Å². The van der Waals surface area contributed by atoms with E-state index in [9.17, 15) is 41.6 Å². The van der Waals surface area contributed by atoms with E-state index >= 15 is 0 Å². The summed E-state index contributed by atoms with van der Waals surface area (Å²) < 4.78 is 79.2. The molecule has 1 saturated carbocycles. The molecule has 0 spiro atoms. The number of carbonyl (C=O) groups excluding carboxylic acids is 1. The number of anilines is 2. The van der Waals surface area contributed by atoms with Crippen LogP contribution in [0.25, 0.3) is 27.7 Å². The van der Waals surface area contributed by atoms with Crippen molar-refractivity contribution in [1.82, 2.24) is 19.6 Å². The van der Waals surface area contributed by atoms with Crippen LogP contribution in [0.3, 0.4) is 0 Å². The van der Waals surface area contributed by atoms with E-state index in [1.165, 1.54) is 41.3 Å². The third-order valence-electron chi connectivity index (χ3n) is 13.8. The summed E-state index contributed by atoms with van der Waals surface area (Å²) in [7, 11) is -4.63. The first-order chi connectivity index (χ1) is 33.3. The van der Waals surface area contributed by atoms with E-state index in [0.29, 0.717) is 81.2 Å². The number of H-pyrrole nitrogens is 1. The molecular formula is C51H54F3N7O7S2. The average molecular weight is 998 g/mol. The molecule has 368 valence electrons. The number of benzene rings is 3. The second-order valence-electron chi connectivity index (χ2n) is 19.7. The maximum Gasteiger partial charge on any atom is 0.293 e. The van der Waals surface area contributed by atoms with Gasteiger partial charge in [-0.1, -0.05) is 19.4 Å². The van der Waals surface area contributed by atoms with Crippen molar-refractivity contribution in [2.24, 2.45) is 11.3 Å². The molecule has 14 nitrogen and oxygen atoms in total. The van der Waals surface area contributed by atoms with Crippen molar-refractivity contribution in [3.63, 3.8) is 0 Å². The van der Waals surface area contributed by atoms with Crippen molar-refractivity contribution in [1.29, 1.82) is 0 Å². The summed E-state index contributed by atoms with van der Waals surface area (Å²) in [5.41, 5.74) is 2.79. The van der Waals surface area contributed by atoms with Crippen molar-refractivity contribution in [2.75, 3.05) is 49.5 Å². The molecule has 1 saturated heterocycles. The highest BCUT2D eigenvalue weighted by atomic mass is 32.2. The molecule has 70 heavy (non-hydrogen) atoms. The Morgan fingerprint density at radius 3 is 2.46 bits per heavy atom. The number of nitro benzene ring substituents is 1. The highest BCUT2D eigenvalue weighted by Gasteiger charge is 2.33. The number of pyridine rings is 1. The van der Waals surface area contributed by atoms with E-state index < -0.39 is 54.5 Å². The summed E-state index contributed by atoms with van der Waals surface area (Å²) in [5, 5.41) is 28.0.